The van der Waals surface area contributed by atoms with Crippen molar-refractivity contribution in [3.8, 4) is 11.8 Å². The Labute approximate surface area is 132 Å². The Kier molecular flexibility index (Phi) is 5.60. The summed E-state index contributed by atoms with van der Waals surface area (Å²) in [5.41, 5.74) is 2.44. The zero-order valence-electron chi connectivity index (χ0n) is 13.6. The van der Waals surface area contributed by atoms with Crippen molar-refractivity contribution >= 4 is 16.6 Å². The van der Waals surface area contributed by atoms with Gasteiger partial charge >= 0.3 is 0 Å². The number of rotatable bonds is 7. The molecular formula is C18H23N3O. The molecule has 0 radical (unpaired) electrons. The summed E-state index contributed by atoms with van der Waals surface area (Å²) in [4.78, 5) is 6.80. The van der Waals surface area contributed by atoms with Crippen LogP contribution in [0, 0.1) is 11.3 Å². The van der Waals surface area contributed by atoms with Crippen LogP contribution in [0.1, 0.15) is 38.7 Å². The molecule has 0 N–H and O–H groups in total. The van der Waals surface area contributed by atoms with E-state index in [4.69, 9.17) is 4.74 Å². The quantitative estimate of drug-likeness (QED) is 0.771. The Morgan fingerprint density at radius 2 is 2.05 bits per heavy atom. The van der Waals surface area contributed by atoms with Crippen molar-refractivity contribution in [2.45, 2.75) is 33.1 Å². The highest BCUT2D eigenvalue weighted by molar-refractivity contribution is 5.90. The Morgan fingerprint density at radius 3 is 2.68 bits per heavy atom. The number of hydrogen-bond acceptors (Lipinski definition) is 4. The van der Waals surface area contributed by atoms with Gasteiger partial charge in [0.15, 0.2) is 0 Å². The number of pyridine rings is 1. The van der Waals surface area contributed by atoms with Crippen molar-refractivity contribution in [1.29, 1.82) is 5.26 Å². The second-order valence-electron chi connectivity index (χ2n) is 5.35. The maximum atomic E-state index is 9.68. The molecule has 1 heterocycles. The summed E-state index contributed by atoms with van der Waals surface area (Å²) >= 11 is 0. The molecule has 0 saturated heterocycles. The fourth-order valence-corrected chi connectivity index (χ4v) is 2.62. The van der Waals surface area contributed by atoms with Crippen LogP contribution < -0.4 is 9.64 Å². The normalized spacial score (nSPS) is 10.5. The number of nitriles is 1. The van der Waals surface area contributed by atoms with Gasteiger partial charge in [0, 0.05) is 18.5 Å². The van der Waals surface area contributed by atoms with E-state index in [2.05, 4.69) is 29.8 Å². The maximum absolute atomic E-state index is 9.68. The second kappa shape index (κ2) is 7.65. The van der Waals surface area contributed by atoms with Gasteiger partial charge in [-0.15, -0.1) is 0 Å². The van der Waals surface area contributed by atoms with E-state index in [1.54, 1.807) is 7.11 Å². The summed E-state index contributed by atoms with van der Waals surface area (Å²) in [7, 11) is 1.63. The fourth-order valence-electron chi connectivity index (χ4n) is 2.62. The van der Waals surface area contributed by atoms with Gasteiger partial charge in [-0.25, -0.2) is 0 Å². The number of fused-ring (bicyclic) bond motifs is 1. The van der Waals surface area contributed by atoms with Crippen LogP contribution >= 0.6 is 0 Å². The molecule has 4 heteroatoms. The summed E-state index contributed by atoms with van der Waals surface area (Å²) in [6, 6.07) is 8.04. The number of aromatic nitrogens is 1. The van der Waals surface area contributed by atoms with Crippen molar-refractivity contribution in [3.05, 3.63) is 30.0 Å². The van der Waals surface area contributed by atoms with Crippen molar-refractivity contribution in [2.24, 2.45) is 0 Å². The predicted octanol–water partition coefficient (Wildman–Crippen LogP) is 4.13. The van der Waals surface area contributed by atoms with Gasteiger partial charge in [-0.3, -0.25) is 4.98 Å². The molecule has 0 aliphatic heterocycles. The number of benzene rings is 1. The van der Waals surface area contributed by atoms with Crippen molar-refractivity contribution < 1.29 is 4.74 Å². The highest BCUT2D eigenvalue weighted by atomic mass is 16.5. The lowest BCUT2D eigenvalue weighted by Gasteiger charge is -2.25. The molecule has 4 nitrogen and oxygen atoms in total. The lowest BCUT2D eigenvalue weighted by molar-refractivity contribution is 0.415. The minimum absolute atomic E-state index is 0.688. The largest absolute Gasteiger partial charge is 0.497 e. The second-order valence-corrected chi connectivity index (χ2v) is 5.35. The highest BCUT2D eigenvalue weighted by Crippen LogP contribution is 2.29. The standard InChI is InChI=1S/C18H23N3O/c1-4-6-10-21(9-5-2)18-13-20-17-8-7-14(22-3)11-15(17)16(18)12-19/h7-8,11,13H,4-6,9-10H2,1-3H3. The van der Waals surface area contributed by atoms with E-state index in [0.29, 0.717) is 5.56 Å². The third kappa shape index (κ3) is 3.30. The van der Waals surface area contributed by atoms with Gasteiger partial charge in [0.1, 0.15) is 11.8 Å². The first kappa shape index (κ1) is 16.1. The highest BCUT2D eigenvalue weighted by Gasteiger charge is 2.15. The number of methoxy groups -OCH3 is 1. The monoisotopic (exact) mass is 297 g/mol. The summed E-state index contributed by atoms with van der Waals surface area (Å²) in [5, 5.41) is 10.5. The van der Waals surface area contributed by atoms with Gasteiger partial charge in [0.2, 0.25) is 0 Å². The lowest BCUT2D eigenvalue weighted by Crippen LogP contribution is -2.26. The zero-order chi connectivity index (χ0) is 15.9. The molecule has 0 amide bonds. The van der Waals surface area contributed by atoms with E-state index >= 15 is 0 Å². The molecule has 0 atom stereocenters. The van der Waals surface area contributed by atoms with Gasteiger partial charge in [-0.2, -0.15) is 5.26 Å². The lowest BCUT2D eigenvalue weighted by atomic mass is 10.1. The molecule has 2 rings (SSSR count). The van der Waals surface area contributed by atoms with Crippen LogP contribution in [0.2, 0.25) is 0 Å². The molecule has 116 valence electrons. The first-order valence-electron chi connectivity index (χ1n) is 7.86. The maximum Gasteiger partial charge on any atom is 0.119 e. The van der Waals surface area contributed by atoms with Gasteiger partial charge in [-0.05, 0) is 31.0 Å². The van der Waals surface area contributed by atoms with E-state index in [1.807, 2.05) is 24.4 Å². The topological polar surface area (TPSA) is 49.2 Å². The minimum Gasteiger partial charge on any atom is -0.497 e. The van der Waals surface area contributed by atoms with Crippen molar-refractivity contribution in [2.75, 3.05) is 25.1 Å². The Morgan fingerprint density at radius 1 is 1.23 bits per heavy atom. The molecule has 0 aliphatic rings. The molecule has 0 aliphatic carbocycles. The predicted molar refractivity (Wildman–Crippen MR) is 90.4 cm³/mol. The Balaban J connectivity index is 2.54. The fraction of sp³-hybridized carbons (Fsp3) is 0.444. The van der Waals surface area contributed by atoms with Gasteiger partial charge in [0.05, 0.1) is 30.1 Å². The molecule has 22 heavy (non-hydrogen) atoms. The molecule has 1 aromatic carbocycles. The van der Waals surface area contributed by atoms with Crippen LogP contribution in [0.25, 0.3) is 10.9 Å². The minimum atomic E-state index is 0.688. The summed E-state index contributed by atoms with van der Waals surface area (Å²) in [6.07, 6.45) is 5.13. The third-order valence-corrected chi connectivity index (χ3v) is 3.78. The van der Waals surface area contributed by atoms with Crippen LogP contribution in [0.5, 0.6) is 5.75 Å². The molecule has 0 saturated carbocycles. The van der Waals surface area contributed by atoms with Crippen LogP contribution in [-0.2, 0) is 0 Å². The number of hydrogen-bond donors (Lipinski definition) is 0. The van der Waals surface area contributed by atoms with Crippen LogP contribution in [0.4, 0.5) is 5.69 Å². The molecule has 0 fully saturated rings. The van der Waals surface area contributed by atoms with Crippen molar-refractivity contribution in [1.82, 2.24) is 4.98 Å². The Bertz CT molecular complexity index is 676. The van der Waals surface area contributed by atoms with E-state index in [1.165, 1.54) is 0 Å². The zero-order valence-corrected chi connectivity index (χ0v) is 13.6. The molecule has 1 aromatic heterocycles. The molecule has 0 bridgehead atoms. The average Bonchev–Trinajstić information content (AvgIpc) is 2.57. The molecule has 2 aromatic rings. The summed E-state index contributed by atoms with van der Waals surface area (Å²) in [5.74, 6) is 0.749. The number of anilines is 1. The van der Waals surface area contributed by atoms with E-state index < -0.39 is 0 Å². The summed E-state index contributed by atoms with van der Waals surface area (Å²) < 4.78 is 5.28. The van der Waals surface area contributed by atoms with Crippen LogP contribution in [0.3, 0.4) is 0 Å². The van der Waals surface area contributed by atoms with Crippen molar-refractivity contribution in [3.63, 3.8) is 0 Å². The first-order valence-corrected chi connectivity index (χ1v) is 7.86. The first-order chi connectivity index (χ1) is 10.7. The van der Waals surface area contributed by atoms with E-state index in [0.717, 1.165) is 54.7 Å². The number of ether oxygens (including phenoxy) is 1. The van der Waals surface area contributed by atoms with Gasteiger partial charge in [-0.1, -0.05) is 20.3 Å². The molecular weight excluding hydrogens is 274 g/mol. The summed E-state index contributed by atoms with van der Waals surface area (Å²) in [6.45, 7) is 6.23. The van der Waals surface area contributed by atoms with Crippen LogP contribution in [-0.4, -0.2) is 25.2 Å². The number of nitrogens with zero attached hydrogens (tertiary/aromatic N) is 3. The average molecular weight is 297 g/mol. The van der Waals surface area contributed by atoms with E-state index in [-0.39, 0.29) is 0 Å². The third-order valence-electron chi connectivity index (χ3n) is 3.78. The van der Waals surface area contributed by atoms with Gasteiger partial charge < -0.3 is 9.64 Å². The van der Waals surface area contributed by atoms with Gasteiger partial charge in [0.25, 0.3) is 0 Å². The smallest absolute Gasteiger partial charge is 0.119 e. The van der Waals surface area contributed by atoms with Crippen LogP contribution in [0.15, 0.2) is 24.4 Å². The molecule has 0 unspecified atom stereocenters. The Hall–Kier alpha value is -2.28. The molecule has 0 spiro atoms. The SMILES string of the molecule is CCCCN(CCC)c1cnc2ccc(OC)cc2c1C#N. The number of unbranched alkanes of at least 4 members (excludes halogenated alkanes) is 1. The van der Waals surface area contributed by atoms with E-state index in [9.17, 15) is 5.26 Å².